The topological polar surface area (TPSA) is 55.8 Å². The fourth-order valence-corrected chi connectivity index (χ4v) is 6.97. The van der Waals surface area contributed by atoms with Crippen molar-refractivity contribution in [3.63, 3.8) is 0 Å². The Morgan fingerprint density at radius 3 is 2.05 bits per heavy atom. The van der Waals surface area contributed by atoms with Crippen LogP contribution in [0.1, 0.15) is 80.0 Å². The molecule has 200 valence electrons. The van der Waals surface area contributed by atoms with E-state index in [0.717, 1.165) is 76.8 Å². The van der Waals surface area contributed by atoms with Gasteiger partial charge in [-0.3, -0.25) is 9.59 Å². The van der Waals surface area contributed by atoms with Crippen LogP contribution in [0.25, 0.3) is 0 Å². The van der Waals surface area contributed by atoms with Crippen molar-refractivity contribution in [2.75, 3.05) is 13.7 Å². The number of nitrogens with zero attached hydrogens (tertiary/aromatic N) is 1. The molecule has 0 spiro atoms. The number of methoxy groups -OCH3 is 1. The van der Waals surface area contributed by atoms with Gasteiger partial charge in [-0.1, -0.05) is 36.2 Å². The largest absolute Gasteiger partial charge is 0.493 e. The first kappa shape index (κ1) is 26.7. The Bertz CT molecular complexity index is 1290. The van der Waals surface area contributed by atoms with Crippen molar-refractivity contribution >= 4 is 27.5 Å². The predicted octanol–water partition coefficient (Wildman–Crippen LogP) is 7.48. The van der Waals surface area contributed by atoms with Crippen molar-refractivity contribution in [2.24, 2.45) is 0 Å². The maximum Gasteiger partial charge on any atom is 0.175 e. The third-order valence-electron chi connectivity index (χ3n) is 7.78. The smallest absolute Gasteiger partial charge is 0.175 e. The number of ketones is 2. The van der Waals surface area contributed by atoms with Crippen molar-refractivity contribution < 1.29 is 19.1 Å². The summed E-state index contributed by atoms with van der Waals surface area (Å²) in [4.78, 5) is 29.3. The van der Waals surface area contributed by atoms with Crippen LogP contribution in [0.5, 0.6) is 11.5 Å². The van der Waals surface area contributed by atoms with Crippen LogP contribution in [0.4, 0.5) is 0 Å². The van der Waals surface area contributed by atoms with Gasteiger partial charge in [0, 0.05) is 47.8 Å². The summed E-state index contributed by atoms with van der Waals surface area (Å²) in [7, 11) is 1.63. The molecule has 0 bridgehead atoms. The van der Waals surface area contributed by atoms with Crippen LogP contribution in [-0.4, -0.2) is 30.1 Å². The van der Waals surface area contributed by atoms with E-state index in [4.69, 9.17) is 9.47 Å². The van der Waals surface area contributed by atoms with Gasteiger partial charge in [0.15, 0.2) is 23.1 Å². The van der Waals surface area contributed by atoms with Crippen LogP contribution >= 0.6 is 15.9 Å². The normalized spacial score (nSPS) is 18.1. The van der Waals surface area contributed by atoms with Crippen LogP contribution in [0.15, 0.2) is 57.3 Å². The van der Waals surface area contributed by atoms with Gasteiger partial charge in [0.05, 0.1) is 11.6 Å². The molecule has 1 aliphatic heterocycles. The van der Waals surface area contributed by atoms with Crippen molar-refractivity contribution in [1.29, 1.82) is 0 Å². The van der Waals surface area contributed by atoms with E-state index in [0.29, 0.717) is 30.9 Å². The number of allylic oxidation sites excluding steroid dienone is 4. The molecule has 0 N–H and O–H groups in total. The number of carbonyl (C=O) groups is 2. The van der Waals surface area contributed by atoms with E-state index in [1.165, 1.54) is 11.1 Å². The highest BCUT2D eigenvalue weighted by atomic mass is 79.9. The fraction of sp³-hybridized carbons (Fsp3) is 0.438. The van der Waals surface area contributed by atoms with E-state index in [1.54, 1.807) is 7.11 Å². The number of ether oxygens (including phenoxy) is 2. The highest BCUT2D eigenvalue weighted by molar-refractivity contribution is 9.10. The molecule has 0 amide bonds. The molecule has 0 fully saturated rings. The van der Waals surface area contributed by atoms with Gasteiger partial charge in [0.1, 0.15) is 6.61 Å². The number of hydrogen-bond donors (Lipinski definition) is 0. The molecule has 2 aromatic rings. The lowest BCUT2D eigenvalue weighted by molar-refractivity contribution is -0.117. The molecule has 2 aromatic carbocycles. The summed E-state index contributed by atoms with van der Waals surface area (Å²) in [6.45, 7) is 7.56. The number of rotatable bonds is 7. The lowest BCUT2D eigenvalue weighted by Crippen LogP contribution is -2.39. The average molecular weight is 579 g/mol. The van der Waals surface area contributed by atoms with Gasteiger partial charge < -0.3 is 14.4 Å². The molecule has 5 nitrogen and oxygen atoms in total. The number of aryl methyl sites for hydroxylation is 2. The average Bonchev–Trinajstić information content (AvgIpc) is 2.88. The Kier molecular flexibility index (Phi) is 7.80. The molecule has 0 saturated carbocycles. The molecule has 38 heavy (non-hydrogen) atoms. The Morgan fingerprint density at radius 2 is 1.50 bits per heavy atom. The first-order valence-corrected chi connectivity index (χ1v) is 14.5. The van der Waals surface area contributed by atoms with Crippen LogP contribution < -0.4 is 9.47 Å². The molecule has 3 aliphatic rings. The highest BCUT2D eigenvalue weighted by Crippen LogP contribution is 2.51. The van der Waals surface area contributed by atoms with Gasteiger partial charge in [-0.05, 0) is 85.1 Å². The van der Waals surface area contributed by atoms with Gasteiger partial charge in [-0.25, -0.2) is 0 Å². The SMILES string of the molecule is CCCN1C2=C(C(=O)CCC2)C(c2cc(Br)c(OCc3cc(C)cc(C)c3)c(OC)c2)C2=C1CCCC2=O. The number of carbonyl (C=O) groups excluding carboxylic acids is 2. The summed E-state index contributed by atoms with van der Waals surface area (Å²) in [5.41, 5.74) is 8.22. The van der Waals surface area contributed by atoms with E-state index < -0.39 is 0 Å². The molecule has 0 saturated heterocycles. The quantitative estimate of drug-likeness (QED) is 0.341. The van der Waals surface area contributed by atoms with Crippen molar-refractivity contribution in [3.05, 3.63) is 79.6 Å². The molecular formula is C32H36BrNO4. The van der Waals surface area contributed by atoms with Crippen LogP contribution in [0.2, 0.25) is 0 Å². The second-order valence-electron chi connectivity index (χ2n) is 10.7. The second kappa shape index (κ2) is 11.1. The summed E-state index contributed by atoms with van der Waals surface area (Å²) in [6.07, 6.45) is 5.49. The first-order valence-electron chi connectivity index (χ1n) is 13.7. The molecule has 0 aromatic heterocycles. The predicted molar refractivity (Wildman–Crippen MR) is 152 cm³/mol. The monoisotopic (exact) mass is 577 g/mol. The molecule has 0 unspecified atom stereocenters. The van der Waals surface area contributed by atoms with Crippen LogP contribution in [0, 0.1) is 13.8 Å². The van der Waals surface area contributed by atoms with Crippen LogP contribution in [-0.2, 0) is 16.2 Å². The zero-order chi connectivity index (χ0) is 27.0. The number of Topliss-reactive ketones (excluding diaryl/α,β-unsaturated/α-hetero) is 2. The highest BCUT2D eigenvalue weighted by Gasteiger charge is 2.43. The second-order valence-corrected chi connectivity index (χ2v) is 11.5. The third-order valence-corrected chi connectivity index (χ3v) is 8.37. The molecule has 6 heteroatoms. The van der Waals surface area contributed by atoms with E-state index in [9.17, 15) is 9.59 Å². The standard InChI is InChI=1S/C32H36BrNO4/c1-5-12-34-24-8-6-10-26(35)30(24)29(31-25(34)9-7-11-27(31)36)22-16-23(33)32(28(17-22)37-4)38-18-21-14-19(2)13-20(3)15-21/h13-17,29H,5-12,18H2,1-4H3. The molecular weight excluding hydrogens is 542 g/mol. The third kappa shape index (κ3) is 4.95. The van der Waals surface area contributed by atoms with E-state index in [1.807, 2.05) is 12.1 Å². The Morgan fingerprint density at radius 1 is 0.895 bits per heavy atom. The van der Waals surface area contributed by atoms with Crippen molar-refractivity contribution in [3.8, 4) is 11.5 Å². The fourth-order valence-electron chi connectivity index (χ4n) is 6.40. The first-order chi connectivity index (χ1) is 18.3. The van der Waals surface area contributed by atoms with Gasteiger partial charge in [0.25, 0.3) is 0 Å². The Labute approximate surface area is 234 Å². The number of benzene rings is 2. The van der Waals surface area contributed by atoms with Crippen molar-refractivity contribution in [2.45, 2.75) is 78.2 Å². The van der Waals surface area contributed by atoms with Crippen molar-refractivity contribution in [1.82, 2.24) is 4.90 Å². The lowest BCUT2D eigenvalue weighted by atomic mass is 9.71. The minimum Gasteiger partial charge on any atom is -0.493 e. The van der Waals surface area contributed by atoms with Gasteiger partial charge in [0.2, 0.25) is 0 Å². The molecule has 0 radical (unpaired) electrons. The number of hydrogen-bond acceptors (Lipinski definition) is 5. The summed E-state index contributed by atoms with van der Waals surface area (Å²) in [5, 5.41) is 0. The van der Waals surface area contributed by atoms with Gasteiger partial charge >= 0.3 is 0 Å². The molecule has 5 rings (SSSR count). The lowest BCUT2D eigenvalue weighted by Gasteiger charge is -2.44. The number of halogens is 1. The summed E-state index contributed by atoms with van der Waals surface area (Å²) < 4.78 is 12.8. The minimum atomic E-state index is -0.368. The molecule has 1 heterocycles. The Hall–Kier alpha value is -2.86. The van der Waals surface area contributed by atoms with Crippen LogP contribution in [0.3, 0.4) is 0 Å². The zero-order valence-corrected chi connectivity index (χ0v) is 24.4. The Balaban J connectivity index is 1.59. The maximum absolute atomic E-state index is 13.5. The summed E-state index contributed by atoms with van der Waals surface area (Å²) in [5.74, 6) is 1.16. The van der Waals surface area contributed by atoms with E-state index >= 15 is 0 Å². The summed E-state index contributed by atoms with van der Waals surface area (Å²) in [6, 6.07) is 10.4. The minimum absolute atomic E-state index is 0.160. The van der Waals surface area contributed by atoms with Gasteiger partial charge in [-0.15, -0.1) is 0 Å². The van der Waals surface area contributed by atoms with E-state index in [-0.39, 0.29) is 17.5 Å². The molecule has 0 atom stereocenters. The van der Waals surface area contributed by atoms with Gasteiger partial charge in [-0.2, -0.15) is 0 Å². The zero-order valence-electron chi connectivity index (χ0n) is 22.8. The maximum atomic E-state index is 13.5. The summed E-state index contributed by atoms with van der Waals surface area (Å²) >= 11 is 3.73. The molecule has 2 aliphatic carbocycles. The van der Waals surface area contributed by atoms with E-state index in [2.05, 4.69) is 59.8 Å².